The maximum absolute atomic E-state index is 3.44. The molecular formula is C14H28N2. The lowest BCUT2D eigenvalue weighted by Gasteiger charge is -2.32. The highest BCUT2D eigenvalue weighted by atomic mass is 15.1. The first-order valence-electron chi connectivity index (χ1n) is 6.67. The Morgan fingerprint density at radius 1 is 1.31 bits per heavy atom. The van der Waals surface area contributed by atoms with Gasteiger partial charge >= 0.3 is 0 Å². The number of hydrogen-bond acceptors (Lipinski definition) is 2. The van der Waals surface area contributed by atoms with Crippen molar-refractivity contribution in [1.82, 2.24) is 10.2 Å². The van der Waals surface area contributed by atoms with Crippen molar-refractivity contribution >= 4 is 0 Å². The summed E-state index contributed by atoms with van der Waals surface area (Å²) in [5, 5.41) is 3.44. The van der Waals surface area contributed by atoms with Crippen molar-refractivity contribution in [1.29, 1.82) is 0 Å². The number of allylic oxidation sites excluding steroid dienone is 1. The molecule has 0 aromatic carbocycles. The van der Waals surface area contributed by atoms with E-state index in [9.17, 15) is 0 Å². The lowest BCUT2D eigenvalue weighted by Crippen LogP contribution is -2.39. The van der Waals surface area contributed by atoms with Crippen molar-refractivity contribution in [2.24, 2.45) is 5.92 Å². The first kappa shape index (κ1) is 13.7. The van der Waals surface area contributed by atoms with Crippen LogP contribution < -0.4 is 5.32 Å². The predicted molar refractivity (Wildman–Crippen MR) is 71.7 cm³/mol. The molecule has 1 heterocycles. The van der Waals surface area contributed by atoms with Crippen molar-refractivity contribution in [3.05, 3.63) is 11.6 Å². The molecule has 1 saturated heterocycles. The largest absolute Gasteiger partial charge is 0.317 e. The molecule has 1 N–H and O–H groups in total. The minimum absolute atomic E-state index is 0.658. The molecule has 0 radical (unpaired) electrons. The molecule has 1 aliphatic heterocycles. The highest BCUT2D eigenvalue weighted by Crippen LogP contribution is 2.15. The highest BCUT2D eigenvalue weighted by Gasteiger charge is 2.17. The van der Waals surface area contributed by atoms with Crippen LogP contribution >= 0.6 is 0 Å². The van der Waals surface area contributed by atoms with E-state index in [2.05, 4.69) is 44.0 Å². The number of piperidine rings is 1. The number of nitrogens with one attached hydrogen (secondary N) is 1. The third-order valence-corrected chi connectivity index (χ3v) is 3.42. The zero-order chi connectivity index (χ0) is 12.0. The second kappa shape index (κ2) is 7.08. The Balaban J connectivity index is 2.40. The van der Waals surface area contributed by atoms with E-state index in [1.54, 1.807) is 0 Å². The molecule has 1 rings (SSSR count). The van der Waals surface area contributed by atoms with Gasteiger partial charge in [0.15, 0.2) is 0 Å². The van der Waals surface area contributed by atoms with E-state index in [0.717, 1.165) is 12.5 Å². The molecule has 2 nitrogen and oxygen atoms in total. The van der Waals surface area contributed by atoms with Crippen LogP contribution in [0.4, 0.5) is 0 Å². The Morgan fingerprint density at radius 2 is 1.94 bits per heavy atom. The molecule has 0 bridgehead atoms. The Hall–Kier alpha value is -0.340. The fourth-order valence-electron chi connectivity index (χ4n) is 2.19. The van der Waals surface area contributed by atoms with Crippen LogP contribution in [0.25, 0.3) is 0 Å². The van der Waals surface area contributed by atoms with Crippen LogP contribution in [0.2, 0.25) is 0 Å². The maximum Gasteiger partial charge on any atom is 0.0168 e. The van der Waals surface area contributed by atoms with E-state index in [0.29, 0.717) is 6.04 Å². The van der Waals surface area contributed by atoms with Gasteiger partial charge in [0.2, 0.25) is 0 Å². The minimum atomic E-state index is 0.658. The molecule has 16 heavy (non-hydrogen) atoms. The van der Waals surface area contributed by atoms with Crippen molar-refractivity contribution in [2.75, 3.05) is 26.2 Å². The summed E-state index contributed by atoms with van der Waals surface area (Å²) < 4.78 is 0. The van der Waals surface area contributed by atoms with Crippen LogP contribution in [0, 0.1) is 5.92 Å². The van der Waals surface area contributed by atoms with Gasteiger partial charge in [0, 0.05) is 19.1 Å². The first-order chi connectivity index (χ1) is 7.59. The van der Waals surface area contributed by atoms with E-state index in [1.165, 1.54) is 38.0 Å². The van der Waals surface area contributed by atoms with Gasteiger partial charge < -0.3 is 5.32 Å². The average molecular weight is 224 g/mol. The topological polar surface area (TPSA) is 15.3 Å². The predicted octanol–water partition coefficient (Wildman–Crippen LogP) is 2.66. The number of hydrogen-bond donors (Lipinski definition) is 1. The summed E-state index contributed by atoms with van der Waals surface area (Å²) in [5.74, 6) is 0.897. The van der Waals surface area contributed by atoms with Gasteiger partial charge in [-0.15, -0.1) is 0 Å². The van der Waals surface area contributed by atoms with Gasteiger partial charge in [0.1, 0.15) is 0 Å². The molecule has 0 spiro atoms. The maximum atomic E-state index is 3.44. The van der Waals surface area contributed by atoms with Crippen molar-refractivity contribution in [2.45, 2.75) is 46.6 Å². The molecule has 0 amide bonds. The fraction of sp³-hybridized carbons (Fsp3) is 0.857. The molecule has 1 aliphatic rings. The van der Waals surface area contributed by atoms with Crippen LogP contribution in [0.1, 0.15) is 40.5 Å². The van der Waals surface area contributed by atoms with Crippen LogP contribution in [-0.4, -0.2) is 37.1 Å². The molecule has 0 unspecified atom stereocenters. The summed E-state index contributed by atoms with van der Waals surface area (Å²) in [6, 6.07) is 0.658. The lowest BCUT2D eigenvalue weighted by molar-refractivity contribution is 0.186. The second-order valence-corrected chi connectivity index (χ2v) is 5.52. The number of rotatable bonds is 5. The molecular weight excluding hydrogens is 196 g/mol. The zero-order valence-electron chi connectivity index (χ0n) is 11.4. The van der Waals surface area contributed by atoms with Gasteiger partial charge in [-0.05, 0) is 59.5 Å². The van der Waals surface area contributed by atoms with Crippen molar-refractivity contribution in [3.63, 3.8) is 0 Å². The molecule has 0 saturated carbocycles. The van der Waals surface area contributed by atoms with E-state index >= 15 is 0 Å². The monoisotopic (exact) mass is 224 g/mol. The van der Waals surface area contributed by atoms with Crippen molar-refractivity contribution in [3.8, 4) is 0 Å². The fourth-order valence-corrected chi connectivity index (χ4v) is 2.19. The third-order valence-electron chi connectivity index (χ3n) is 3.42. The summed E-state index contributed by atoms with van der Waals surface area (Å²) in [6.45, 7) is 13.8. The van der Waals surface area contributed by atoms with Gasteiger partial charge in [0.05, 0.1) is 0 Å². The van der Waals surface area contributed by atoms with Gasteiger partial charge in [-0.1, -0.05) is 11.6 Å². The smallest absolute Gasteiger partial charge is 0.0168 e. The lowest BCUT2D eigenvalue weighted by atomic mass is 9.97. The number of nitrogens with zero attached hydrogens (tertiary/aromatic N) is 1. The SMILES string of the molecule is CC(C)=CCN(CC1CCNCC1)C(C)C. The van der Waals surface area contributed by atoms with Gasteiger partial charge in [-0.3, -0.25) is 4.90 Å². The Morgan fingerprint density at radius 3 is 2.44 bits per heavy atom. The summed E-state index contributed by atoms with van der Waals surface area (Å²) in [4.78, 5) is 2.60. The quantitative estimate of drug-likeness (QED) is 0.722. The summed E-state index contributed by atoms with van der Waals surface area (Å²) >= 11 is 0. The molecule has 0 aromatic rings. The van der Waals surface area contributed by atoms with Crippen molar-refractivity contribution < 1.29 is 0 Å². The molecule has 2 heteroatoms. The van der Waals surface area contributed by atoms with Crippen LogP contribution in [0.15, 0.2) is 11.6 Å². The van der Waals surface area contributed by atoms with Crippen LogP contribution in [0.5, 0.6) is 0 Å². The Bertz CT molecular complexity index is 211. The third kappa shape index (κ3) is 5.13. The zero-order valence-corrected chi connectivity index (χ0v) is 11.4. The summed E-state index contributed by atoms with van der Waals surface area (Å²) in [5.41, 5.74) is 1.43. The molecule has 0 atom stereocenters. The highest BCUT2D eigenvalue weighted by molar-refractivity contribution is 4.95. The van der Waals surface area contributed by atoms with Gasteiger partial charge in [0.25, 0.3) is 0 Å². The van der Waals surface area contributed by atoms with Gasteiger partial charge in [-0.25, -0.2) is 0 Å². The van der Waals surface area contributed by atoms with Crippen LogP contribution in [-0.2, 0) is 0 Å². The molecule has 0 aliphatic carbocycles. The van der Waals surface area contributed by atoms with E-state index in [4.69, 9.17) is 0 Å². The summed E-state index contributed by atoms with van der Waals surface area (Å²) in [6.07, 6.45) is 5.04. The summed E-state index contributed by atoms with van der Waals surface area (Å²) in [7, 11) is 0. The standard InChI is InChI=1S/C14H28N2/c1-12(2)7-10-16(13(3)4)11-14-5-8-15-9-6-14/h7,13-15H,5-6,8-11H2,1-4H3. The average Bonchev–Trinajstić information content (AvgIpc) is 2.25. The van der Waals surface area contributed by atoms with E-state index < -0.39 is 0 Å². The normalized spacial score (nSPS) is 18.1. The molecule has 1 fully saturated rings. The van der Waals surface area contributed by atoms with Gasteiger partial charge in [-0.2, -0.15) is 0 Å². The Kier molecular flexibility index (Phi) is 6.07. The van der Waals surface area contributed by atoms with Crippen LogP contribution in [0.3, 0.4) is 0 Å². The second-order valence-electron chi connectivity index (χ2n) is 5.52. The first-order valence-corrected chi connectivity index (χ1v) is 6.67. The Labute approximate surface area is 101 Å². The molecule has 94 valence electrons. The molecule has 0 aromatic heterocycles. The minimum Gasteiger partial charge on any atom is -0.317 e. The van der Waals surface area contributed by atoms with E-state index in [1.807, 2.05) is 0 Å². The van der Waals surface area contributed by atoms with E-state index in [-0.39, 0.29) is 0 Å².